The molecule has 0 saturated carbocycles. The number of carbonyl (C=O) groups excluding carboxylic acids is 1. The number of nitrogens with one attached hydrogen (secondary N) is 1. The molecule has 2 aliphatic heterocycles. The highest BCUT2D eigenvalue weighted by Crippen LogP contribution is 2.32. The molecule has 0 unspecified atom stereocenters. The van der Waals surface area contributed by atoms with Gasteiger partial charge in [0.05, 0.1) is 6.61 Å². The highest BCUT2D eigenvalue weighted by atomic mass is 16.8. The summed E-state index contributed by atoms with van der Waals surface area (Å²) in [6.07, 6.45) is -0.270. The monoisotopic (exact) mass is 215 g/mol. The van der Waals surface area contributed by atoms with Crippen molar-refractivity contribution >= 4 is 5.97 Å². The predicted molar refractivity (Wildman–Crippen MR) is 52.2 cm³/mol. The molecule has 3 atom stereocenters. The third-order valence-electron chi connectivity index (χ3n) is 2.63. The van der Waals surface area contributed by atoms with E-state index in [2.05, 4.69) is 5.32 Å². The maximum atomic E-state index is 11.6. The summed E-state index contributed by atoms with van der Waals surface area (Å²) in [5, 5.41) is 3.06. The second-order valence-corrected chi connectivity index (χ2v) is 4.28. The minimum absolute atomic E-state index is 0.0468. The normalized spacial score (nSPS) is 37.7. The van der Waals surface area contributed by atoms with E-state index in [-0.39, 0.29) is 18.2 Å². The topological polar surface area (TPSA) is 56.8 Å². The van der Waals surface area contributed by atoms with Crippen LogP contribution in [0.3, 0.4) is 0 Å². The molecule has 0 radical (unpaired) electrons. The van der Waals surface area contributed by atoms with Gasteiger partial charge < -0.3 is 14.2 Å². The Morgan fingerprint density at radius 3 is 2.93 bits per heavy atom. The Morgan fingerprint density at radius 2 is 2.27 bits per heavy atom. The summed E-state index contributed by atoms with van der Waals surface area (Å²) in [7, 11) is 0. The molecule has 86 valence electrons. The molecule has 15 heavy (non-hydrogen) atoms. The van der Waals surface area contributed by atoms with E-state index in [9.17, 15) is 4.79 Å². The molecule has 0 spiro atoms. The van der Waals surface area contributed by atoms with Gasteiger partial charge in [-0.05, 0) is 20.8 Å². The fourth-order valence-electron chi connectivity index (χ4n) is 2.11. The molecule has 0 aromatic rings. The van der Waals surface area contributed by atoms with E-state index in [1.165, 1.54) is 0 Å². The molecule has 2 fully saturated rings. The van der Waals surface area contributed by atoms with Gasteiger partial charge in [-0.15, -0.1) is 0 Å². The van der Waals surface area contributed by atoms with E-state index < -0.39 is 11.8 Å². The van der Waals surface area contributed by atoms with Crippen LogP contribution in [0.15, 0.2) is 0 Å². The minimum atomic E-state index is -0.595. The molecule has 5 nitrogen and oxygen atoms in total. The second-order valence-electron chi connectivity index (χ2n) is 4.28. The number of ether oxygens (including phenoxy) is 3. The zero-order valence-corrected chi connectivity index (χ0v) is 9.28. The molecular weight excluding hydrogens is 198 g/mol. The van der Waals surface area contributed by atoms with Crippen molar-refractivity contribution in [1.29, 1.82) is 0 Å². The molecule has 0 aromatic heterocycles. The second kappa shape index (κ2) is 3.73. The van der Waals surface area contributed by atoms with Crippen LogP contribution in [0.4, 0.5) is 0 Å². The Kier molecular flexibility index (Phi) is 2.70. The minimum Gasteiger partial charge on any atom is -0.465 e. The van der Waals surface area contributed by atoms with Gasteiger partial charge >= 0.3 is 5.97 Å². The van der Waals surface area contributed by atoms with Crippen LogP contribution in [-0.4, -0.2) is 43.2 Å². The van der Waals surface area contributed by atoms with Crippen LogP contribution in [0.25, 0.3) is 0 Å². The first-order valence-electron chi connectivity index (χ1n) is 5.29. The molecule has 0 aliphatic carbocycles. The van der Waals surface area contributed by atoms with Crippen LogP contribution in [-0.2, 0) is 19.0 Å². The Labute approximate surface area is 89.1 Å². The van der Waals surface area contributed by atoms with Gasteiger partial charge in [0.2, 0.25) is 0 Å². The van der Waals surface area contributed by atoms with Gasteiger partial charge in [-0.2, -0.15) is 0 Å². The molecular formula is C10H17NO4. The fourth-order valence-corrected chi connectivity index (χ4v) is 2.11. The Balaban J connectivity index is 2.02. The van der Waals surface area contributed by atoms with Gasteiger partial charge in [0, 0.05) is 6.54 Å². The summed E-state index contributed by atoms with van der Waals surface area (Å²) in [5.41, 5.74) is 0. The zero-order chi connectivity index (χ0) is 11.1. The Hall–Kier alpha value is -0.650. The summed E-state index contributed by atoms with van der Waals surface area (Å²) in [4.78, 5) is 11.6. The lowest BCUT2D eigenvalue weighted by Gasteiger charge is -2.21. The summed E-state index contributed by atoms with van der Waals surface area (Å²) >= 11 is 0. The van der Waals surface area contributed by atoms with Crippen molar-refractivity contribution in [2.45, 2.75) is 44.8 Å². The zero-order valence-electron chi connectivity index (χ0n) is 9.28. The summed E-state index contributed by atoms with van der Waals surface area (Å²) < 4.78 is 16.3. The van der Waals surface area contributed by atoms with Crippen LogP contribution in [0.2, 0.25) is 0 Å². The van der Waals surface area contributed by atoms with Crippen molar-refractivity contribution in [1.82, 2.24) is 5.32 Å². The Morgan fingerprint density at radius 1 is 1.53 bits per heavy atom. The van der Waals surface area contributed by atoms with Gasteiger partial charge in [0.15, 0.2) is 5.79 Å². The van der Waals surface area contributed by atoms with E-state index >= 15 is 0 Å². The lowest BCUT2D eigenvalue weighted by atomic mass is 10.1. The lowest BCUT2D eigenvalue weighted by Crippen LogP contribution is -2.42. The average molecular weight is 215 g/mol. The van der Waals surface area contributed by atoms with Gasteiger partial charge in [-0.3, -0.25) is 10.1 Å². The summed E-state index contributed by atoms with van der Waals surface area (Å²) in [5.74, 6) is -0.853. The molecule has 2 saturated heterocycles. The first kappa shape index (κ1) is 10.9. The van der Waals surface area contributed by atoms with E-state index in [0.717, 1.165) is 0 Å². The number of hydrogen-bond acceptors (Lipinski definition) is 5. The average Bonchev–Trinajstić information content (AvgIpc) is 2.59. The number of fused-ring (bicyclic) bond motifs is 1. The van der Waals surface area contributed by atoms with Crippen molar-refractivity contribution in [3.63, 3.8) is 0 Å². The number of esters is 1. The molecule has 2 heterocycles. The maximum Gasteiger partial charge on any atom is 0.325 e. The maximum absolute atomic E-state index is 11.6. The van der Waals surface area contributed by atoms with E-state index in [1.54, 1.807) is 6.92 Å². The van der Waals surface area contributed by atoms with Crippen LogP contribution >= 0.6 is 0 Å². The predicted octanol–water partition coefficient (Wildman–Crippen LogP) is 0.0414. The van der Waals surface area contributed by atoms with Gasteiger partial charge in [-0.1, -0.05) is 0 Å². The highest BCUT2D eigenvalue weighted by Gasteiger charge is 2.51. The van der Waals surface area contributed by atoms with Crippen LogP contribution in [0, 0.1) is 0 Å². The molecule has 0 amide bonds. The Bertz CT molecular complexity index is 266. The third kappa shape index (κ3) is 2.00. The SMILES string of the molecule is CCOC(=O)[C@@H]1NC[C@H]2OC(C)(C)O[C@H]21. The van der Waals surface area contributed by atoms with Gasteiger partial charge in [-0.25, -0.2) is 0 Å². The molecule has 5 heteroatoms. The fraction of sp³-hybridized carbons (Fsp3) is 0.900. The van der Waals surface area contributed by atoms with E-state index in [0.29, 0.717) is 13.2 Å². The van der Waals surface area contributed by atoms with Crippen molar-refractivity contribution in [2.24, 2.45) is 0 Å². The first-order valence-corrected chi connectivity index (χ1v) is 5.29. The smallest absolute Gasteiger partial charge is 0.325 e. The quantitative estimate of drug-likeness (QED) is 0.659. The number of hydrogen-bond donors (Lipinski definition) is 1. The molecule has 1 N–H and O–H groups in total. The van der Waals surface area contributed by atoms with Crippen LogP contribution in [0.1, 0.15) is 20.8 Å². The van der Waals surface area contributed by atoms with Crippen molar-refractivity contribution < 1.29 is 19.0 Å². The van der Waals surface area contributed by atoms with Crippen LogP contribution in [0.5, 0.6) is 0 Å². The molecule has 0 aromatic carbocycles. The number of carbonyl (C=O) groups is 1. The van der Waals surface area contributed by atoms with Gasteiger partial charge in [0.1, 0.15) is 18.2 Å². The van der Waals surface area contributed by atoms with Crippen molar-refractivity contribution in [3.8, 4) is 0 Å². The highest BCUT2D eigenvalue weighted by molar-refractivity contribution is 5.77. The summed E-state index contributed by atoms with van der Waals surface area (Å²) in [6, 6.07) is -0.392. The first-order chi connectivity index (χ1) is 7.03. The van der Waals surface area contributed by atoms with Crippen molar-refractivity contribution in [3.05, 3.63) is 0 Å². The largest absolute Gasteiger partial charge is 0.465 e. The third-order valence-corrected chi connectivity index (χ3v) is 2.63. The van der Waals surface area contributed by atoms with Crippen molar-refractivity contribution in [2.75, 3.05) is 13.2 Å². The standard InChI is InChI=1S/C10H17NO4/c1-4-13-9(12)7-8-6(5-11-7)14-10(2,3)15-8/h6-8,11H,4-5H2,1-3H3/t6-,7-,8-/m1/s1. The molecule has 2 aliphatic rings. The summed E-state index contributed by atoms with van der Waals surface area (Å²) in [6.45, 7) is 6.53. The lowest BCUT2D eigenvalue weighted by molar-refractivity contribution is -0.163. The number of rotatable bonds is 2. The van der Waals surface area contributed by atoms with Crippen LogP contribution < -0.4 is 5.32 Å². The van der Waals surface area contributed by atoms with E-state index in [1.807, 2.05) is 13.8 Å². The van der Waals surface area contributed by atoms with Gasteiger partial charge in [0.25, 0.3) is 0 Å². The molecule has 0 bridgehead atoms. The van der Waals surface area contributed by atoms with E-state index in [4.69, 9.17) is 14.2 Å². The molecule has 2 rings (SSSR count).